The van der Waals surface area contributed by atoms with E-state index in [4.69, 9.17) is 4.74 Å². The summed E-state index contributed by atoms with van der Waals surface area (Å²) in [5.74, 6) is 0.851. The minimum absolute atomic E-state index is 0.0449. The number of amides is 1. The first-order valence-electron chi connectivity index (χ1n) is 6.84. The molecule has 1 aromatic carbocycles. The Hall–Kier alpha value is -1.88. The smallest absolute Gasteiger partial charge is 0.254 e. The molecular formula is C16H15BrN2O2. The normalized spacial score (nSPS) is 17.8. The minimum atomic E-state index is 0.0449. The van der Waals surface area contributed by atoms with Gasteiger partial charge in [0.15, 0.2) is 0 Å². The summed E-state index contributed by atoms with van der Waals surface area (Å²) in [5.41, 5.74) is 0.703. The SMILES string of the molecule is O=C(c1cccc(Br)c1)N1CC[C@@H](Oc2ccncc2)C1. The lowest BCUT2D eigenvalue weighted by atomic mass is 10.2. The number of hydrogen-bond acceptors (Lipinski definition) is 3. The van der Waals surface area contributed by atoms with Crippen molar-refractivity contribution < 1.29 is 9.53 Å². The maximum absolute atomic E-state index is 12.4. The summed E-state index contributed by atoms with van der Waals surface area (Å²) in [6, 6.07) is 11.1. The molecule has 1 atom stereocenters. The molecule has 0 saturated carbocycles. The van der Waals surface area contributed by atoms with Crippen LogP contribution >= 0.6 is 15.9 Å². The van der Waals surface area contributed by atoms with Gasteiger partial charge in [0, 0.05) is 35.4 Å². The molecule has 0 spiro atoms. The van der Waals surface area contributed by atoms with Gasteiger partial charge in [0.25, 0.3) is 5.91 Å². The number of benzene rings is 1. The maximum atomic E-state index is 12.4. The monoisotopic (exact) mass is 346 g/mol. The molecule has 3 rings (SSSR count). The molecule has 1 saturated heterocycles. The molecule has 1 aliphatic rings. The van der Waals surface area contributed by atoms with E-state index in [1.807, 2.05) is 41.3 Å². The van der Waals surface area contributed by atoms with Gasteiger partial charge in [0.05, 0.1) is 6.54 Å². The van der Waals surface area contributed by atoms with Gasteiger partial charge in [-0.3, -0.25) is 9.78 Å². The van der Waals surface area contributed by atoms with Crippen molar-refractivity contribution in [1.29, 1.82) is 0 Å². The van der Waals surface area contributed by atoms with Crippen LogP contribution in [0.5, 0.6) is 5.75 Å². The third-order valence-electron chi connectivity index (χ3n) is 3.46. The zero-order chi connectivity index (χ0) is 14.7. The molecule has 21 heavy (non-hydrogen) atoms. The van der Waals surface area contributed by atoms with Crippen molar-refractivity contribution >= 4 is 21.8 Å². The lowest BCUT2D eigenvalue weighted by Gasteiger charge is -2.17. The Morgan fingerprint density at radius 1 is 1.29 bits per heavy atom. The largest absolute Gasteiger partial charge is 0.488 e. The van der Waals surface area contributed by atoms with Crippen molar-refractivity contribution in [2.24, 2.45) is 0 Å². The highest BCUT2D eigenvalue weighted by atomic mass is 79.9. The van der Waals surface area contributed by atoms with Gasteiger partial charge in [-0.15, -0.1) is 0 Å². The average molecular weight is 347 g/mol. The first kappa shape index (κ1) is 14.1. The number of ether oxygens (including phenoxy) is 1. The van der Waals surface area contributed by atoms with Gasteiger partial charge in [-0.2, -0.15) is 0 Å². The van der Waals surface area contributed by atoms with Gasteiger partial charge in [0.1, 0.15) is 11.9 Å². The topological polar surface area (TPSA) is 42.4 Å². The molecule has 1 aromatic heterocycles. The third-order valence-corrected chi connectivity index (χ3v) is 3.95. The van der Waals surface area contributed by atoms with Crippen LogP contribution in [0.15, 0.2) is 53.3 Å². The van der Waals surface area contributed by atoms with Gasteiger partial charge >= 0.3 is 0 Å². The van der Waals surface area contributed by atoms with E-state index in [1.165, 1.54) is 0 Å². The van der Waals surface area contributed by atoms with Crippen LogP contribution in [-0.2, 0) is 0 Å². The second-order valence-corrected chi connectivity index (χ2v) is 5.89. The number of carbonyl (C=O) groups is 1. The van der Waals surface area contributed by atoms with Crippen molar-refractivity contribution in [3.05, 3.63) is 58.8 Å². The van der Waals surface area contributed by atoms with Crippen LogP contribution in [0, 0.1) is 0 Å². The Kier molecular flexibility index (Phi) is 4.20. The molecule has 2 heterocycles. The van der Waals surface area contributed by atoms with Crippen molar-refractivity contribution in [2.45, 2.75) is 12.5 Å². The molecule has 0 bridgehead atoms. The van der Waals surface area contributed by atoms with Crippen molar-refractivity contribution in [2.75, 3.05) is 13.1 Å². The standard InChI is InChI=1S/C16H15BrN2O2/c17-13-3-1-2-12(10-13)16(20)19-9-6-15(11-19)21-14-4-7-18-8-5-14/h1-5,7-8,10,15H,6,9,11H2/t15-/m1/s1. The predicted octanol–water partition coefficient (Wildman–Crippen LogP) is 3.14. The summed E-state index contributed by atoms with van der Waals surface area (Å²) in [6.45, 7) is 1.34. The predicted molar refractivity (Wildman–Crippen MR) is 83.3 cm³/mol. The van der Waals surface area contributed by atoms with Gasteiger partial charge in [-0.25, -0.2) is 0 Å². The fourth-order valence-electron chi connectivity index (χ4n) is 2.42. The molecule has 0 aliphatic carbocycles. The molecule has 0 radical (unpaired) electrons. The Morgan fingerprint density at radius 2 is 2.10 bits per heavy atom. The number of halogens is 1. The van der Waals surface area contributed by atoms with Gasteiger partial charge in [0.2, 0.25) is 0 Å². The van der Waals surface area contributed by atoms with E-state index in [0.717, 1.165) is 23.2 Å². The first-order valence-corrected chi connectivity index (χ1v) is 7.63. The van der Waals surface area contributed by atoms with Gasteiger partial charge < -0.3 is 9.64 Å². The molecule has 0 unspecified atom stereocenters. The maximum Gasteiger partial charge on any atom is 0.254 e. The summed E-state index contributed by atoms with van der Waals surface area (Å²) in [5, 5.41) is 0. The van der Waals surface area contributed by atoms with Crippen LogP contribution in [0.25, 0.3) is 0 Å². The van der Waals surface area contributed by atoms with Gasteiger partial charge in [-0.1, -0.05) is 22.0 Å². The summed E-state index contributed by atoms with van der Waals surface area (Å²) >= 11 is 3.39. The van der Waals surface area contributed by atoms with Crippen molar-refractivity contribution in [1.82, 2.24) is 9.88 Å². The molecule has 0 N–H and O–H groups in total. The van der Waals surface area contributed by atoms with E-state index >= 15 is 0 Å². The van der Waals surface area contributed by atoms with E-state index < -0.39 is 0 Å². The highest BCUT2D eigenvalue weighted by Gasteiger charge is 2.28. The highest BCUT2D eigenvalue weighted by molar-refractivity contribution is 9.10. The number of nitrogens with zero attached hydrogens (tertiary/aromatic N) is 2. The van der Waals surface area contributed by atoms with Crippen LogP contribution < -0.4 is 4.74 Å². The average Bonchev–Trinajstić information content (AvgIpc) is 2.96. The van der Waals surface area contributed by atoms with Crippen LogP contribution in [0.3, 0.4) is 0 Å². The van der Waals surface area contributed by atoms with E-state index in [9.17, 15) is 4.79 Å². The molecule has 4 nitrogen and oxygen atoms in total. The zero-order valence-corrected chi connectivity index (χ0v) is 13.0. The lowest BCUT2D eigenvalue weighted by molar-refractivity contribution is 0.0772. The Balaban J connectivity index is 1.63. The molecule has 1 fully saturated rings. The molecule has 1 amide bonds. The zero-order valence-electron chi connectivity index (χ0n) is 11.4. The molecule has 5 heteroatoms. The van der Waals surface area contributed by atoms with Crippen LogP contribution in [0.2, 0.25) is 0 Å². The first-order chi connectivity index (χ1) is 10.2. The summed E-state index contributed by atoms with van der Waals surface area (Å²) in [7, 11) is 0. The van der Waals surface area contributed by atoms with Crippen molar-refractivity contribution in [3.8, 4) is 5.75 Å². The second-order valence-electron chi connectivity index (χ2n) is 4.97. The summed E-state index contributed by atoms with van der Waals surface area (Å²) in [6.07, 6.45) is 4.30. The van der Waals surface area contributed by atoms with Crippen LogP contribution in [-0.4, -0.2) is 35.0 Å². The molecule has 108 valence electrons. The van der Waals surface area contributed by atoms with E-state index in [-0.39, 0.29) is 12.0 Å². The quantitative estimate of drug-likeness (QED) is 0.857. The molecule has 1 aliphatic heterocycles. The number of pyridine rings is 1. The van der Waals surface area contributed by atoms with Crippen LogP contribution in [0.1, 0.15) is 16.8 Å². The Bertz CT molecular complexity index is 633. The number of aromatic nitrogens is 1. The number of rotatable bonds is 3. The fraction of sp³-hybridized carbons (Fsp3) is 0.250. The lowest BCUT2D eigenvalue weighted by Crippen LogP contribution is -2.30. The number of likely N-dealkylation sites (tertiary alicyclic amines) is 1. The minimum Gasteiger partial charge on any atom is -0.488 e. The Labute approximate surface area is 131 Å². The van der Waals surface area contributed by atoms with E-state index in [1.54, 1.807) is 12.4 Å². The fourth-order valence-corrected chi connectivity index (χ4v) is 2.82. The second kappa shape index (κ2) is 6.26. The third kappa shape index (κ3) is 3.42. The number of carbonyl (C=O) groups excluding carboxylic acids is 1. The summed E-state index contributed by atoms with van der Waals surface area (Å²) < 4.78 is 6.79. The van der Waals surface area contributed by atoms with Crippen LogP contribution in [0.4, 0.5) is 0 Å². The van der Waals surface area contributed by atoms with Gasteiger partial charge in [-0.05, 0) is 30.3 Å². The van der Waals surface area contributed by atoms with E-state index in [0.29, 0.717) is 12.1 Å². The number of hydrogen-bond donors (Lipinski definition) is 0. The highest BCUT2D eigenvalue weighted by Crippen LogP contribution is 2.20. The van der Waals surface area contributed by atoms with Crippen molar-refractivity contribution in [3.63, 3.8) is 0 Å². The Morgan fingerprint density at radius 3 is 2.86 bits per heavy atom. The summed E-state index contributed by atoms with van der Waals surface area (Å²) in [4.78, 5) is 18.2. The molecular weight excluding hydrogens is 332 g/mol. The molecule has 2 aromatic rings. The van der Waals surface area contributed by atoms with E-state index in [2.05, 4.69) is 20.9 Å².